The maximum absolute atomic E-state index is 11.8. The maximum Gasteiger partial charge on any atom is 0.312 e. The zero-order chi connectivity index (χ0) is 15.6. The fourth-order valence-corrected chi connectivity index (χ4v) is 2.64. The summed E-state index contributed by atoms with van der Waals surface area (Å²) in [7, 11) is 4.24. The van der Waals surface area contributed by atoms with E-state index in [1.165, 1.54) is 21.3 Å². The second kappa shape index (κ2) is 5.34. The van der Waals surface area contributed by atoms with Crippen LogP contribution in [0.3, 0.4) is 0 Å². The zero-order valence-corrected chi connectivity index (χ0v) is 11.9. The molecule has 21 heavy (non-hydrogen) atoms. The van der Waals surface area contributed by atoms with Crippen LogP contribution in [0.5, 0.6) is 11.5 Å². The van der Waals surface area contributed by atoms with E-state index in [-0.39, 0.29) is 0 Å². The van der Waals surface area contributed by atoms with Crippen LogP contribution in [0.25, 0.3) is 0 Å². The van der Waals surface area contributed by atoms with Crippen LogP contribution in [0.1, 0.15) is 11.5 Å². The molecule has 0 spiro atoms. The first-order valence-electron chi connectivity index (χ1n) is 6.21. The van der Waals surface area contributed by atoms with Gasteiger partial charge in [0.2, 0.25) is 0 Å². The Morgan fingerprint density at radius 2 is 1.86 bits per heavy atom. The van der Waals surface area contributed by atoms with Gasteiger partial charge in [-0.3, -0.25) is 4.79 Å². The second-order valence-electron chi connectivity index (χ2n) is 4.68. The number of benzene rings is 1. The molecule has 1 aromatic carbocycles. The van der Waals surface area contributed by atoms with E-state index in [1.807, 2.05) is 12.1 Å². The van der Waals surface area contributed by atoms with E-state index in [0.717, 1.165) is 0 Å². The highest BCUT2D eigenvalue weighted by molar-refractivity contribution is 5.83. The molecule has 1 aliphatic rings. The lowest BCUT2D eigenvalue weighted by molar-refractivity contribution is -0.142. The van der Waals surface area contributed by atoms with Crippen LogP contribution in [0.2, 0.25) is 0 Å². The fourth-order valence-electron chi connectivity index (χ4n) is 2.64. The van der Waals surface area contributed by atoms with Crippen molar-refractivity contribution >= 4 is 5.97 Å². The largest absolute Gasteiger partial charge is 0.497 e. The van der Waals surface area contributed by atoms with Gasteiger partial charge in [-0.25, -0.2) is 0 Å². The fraction of sp³-hybridized carbons (Fsp3) is 0.400. The van der Waals surface area contributed by atoms with Gasteiger partial charge in [0.25, 0.3) is 0 Å². The molecule has 2 atom stereocenters. The summed E-state index contributed by atoms with van der Waals surface area (Å²) in [4.78, 5) is 11.8. The van der Waals surface area contributed by atoms with Crippen LogP contribution in [0, 0.1) is 34.0 Å². The van der Waals surface area contributed by atoms with E-state index in [0.29, 0.717) is 17.1 Å². The Bertz CT molecular complexity index is 643. The molecule has 0 aliphatic heterocycles. The number of nitriles is 2. The Labute approximate surface area is 122 Å². The van der Waals surface area contributed by atoms with Gasteiger partial charge in [0.15, 0.2) is 5.41 Å². The summed E-state index contributed by atoms with van der Waals surface area (Å²) in [5.74, 6) is -0.882. The van der Waals surface area contributed by atoms with E-state index < -0.39 is 23.2 Å². The quantitative estimate of drug-likeness (QED) is 0.781. The van der Waals surface area contributed by atoms with E-state index in [2.05, 4.69) is 0 Å². The van der Waals surface area contributed by atoms with Crippen molar-refractivity contribution in [3.05, 3.63) is 23.8 Å². The van der Waals surface area contributed by atoms with Crippen molar-refractivity contribution < 1.29 is 19.0 Å². The number of methoxy groups -OCH3 is 3. The zero-order valence-electron chi connectivity index (χ0n) is 11.9. The van der Waals surface area contributed by atoms with Crippen molar-refractivity contribution in [3.8, 4) is 23.6 Å². The van der Waals surface area contributed by atoms with Gasteiger partial charge in [0.05, 0.1) is 39.4 Å². The van der Waals surface area contributed by atoms with Crippen LogP contribution >= 0.6 is 0 Å². The number of esters is 1. The van der Waals surface area contributed by atoms with Gasteiger partial charge in [-0.15, -0.1) is 0 Å². The molecule has 1 aromatic rings. The molecule has 0 bridgehead atoms. The Balaban J connectivity index is 2.49. The minimum Gasteiger partial charge on any atom is -0.497 e. The van der Waals surface area contributed by atoms with E-state index in [9.17, 15) is 15.3 Å². The Kier molecular flexibility index (Phi) is 3.73. The predicted molar refractivity (Wildman–Crippen MR) is 71.5 cm³/mol. The van der Waals surface area contributed by atoms with Crippen molar-refractivity contribution in [2.75, 3.05) is 21.3 Å². The van der Waals surface area contributed by atoms with Crippen LogP contribution in [0.4, 0.5) is 0 Å². The van der Waals surface area contributed by atoms with Crippen LogP contribution in [0.15, 0.2) is 18.2 Å². The molecule has 6 nitrogen and oxygen atoms in total. The number of hydrogen-bond acceptors (Lipinski definition) is 6. The number of carbonyl (C=O) groups is 1. The van der Waals surface area contributed by atoms with Gasteiger partial charge in [-0.05, 0) is 6.07 Å². The number of carbonyl (C=O) groups excluding carboxylic acids is 1. The van der Waals surface area contributed by atoms with Gasteiger partial charge in [0, 0.05) is 17.5 Å². The molecule has 0 aromatic heterocycles. The second-order valence-corrected chi connectivity index (χ2v) is 4.68. The predicted octanol–water partition coefficient (Wildman–Crippen LogP) is 1.62. The maximum atomic E-state index is 11.8. The van der Waals surface area contributed by atoms with Crippen LogP contribution in [-0.4, -0.2) is 27.3 Å². The standard InChI is InChI=1S/C15H14N2O4/c1-19-9-4-5-10(11(6-9)20-2)12-13(14(18)21-3)15(12,7-16)8-17/h4-6,12-13H,1-3H3. The van der Waals surface area contributed by atoms with Crippen molar-refractivity contribution in [2.45, 2.75) is 5.92 Å². The lowest BCUT2D eigenvalue weighted by atomic mass is 10.0. The summed E-state index contributed by atoms with van der Waals surface area (Å²) < 4.78 is 15.1. The SMILES string of the molecule is COC(=O)C1C(c2ccc(OC)cc2OC)C1(C#N)C#N. The molecule has 1 aliphatic carbocycles. The third kappa shape index (κ3) is 2.05. The molecule has 1 saturated carbocycles. The van der Waals surface area contributed by atoms with Crippen LogP contribution in [-0.2, 0) is 9.53 Å². The molecule has 0 radical (unpaired) electrons. The van der Waals surface area contributed by atoms with Gasteiger partial charge in [-0.2, -0.15) is 10.5 Å². The molecule has 2 rings (SSSR count). The molecule has 2 unspecified atom stereocenters. The van der Waals surface area contributed by atoms with Crippen molar-refractivity contribution in [3.63, 3.8) is 0 Å². The average molecular weight is 286 g/mol. The monoisotopic (exact) mass is 286 g/mol. The summed E-state index contributed by atoms with van der Waals surface area (Å²) in [6.07, 6.45) is 0. The minimum atomic E-state index is -1.41. The molecule has 0 N–H and O–H groups in total. The number of rotatable bonds is 4. The first kappa shape index (κ1) is 14.7. The molecule has 0 heterocycles. The number of ether oxygens (including phenoxy) is 3. The van der Waals surface area contributed by atoms with Crippen molar-refractivity contribution in [1.82, 2.24) is 0 Å². The lowest BCUT2D eigenvalue weighted by Crippen LogP contribution is -2.09. The molecule has 6 heteroatoms. The Morgan fingerprint density at radius 3 is 2.33 bits per heavy atom. The Morgan fingerprint density at radius 1 is 1.19 bits per heavy atom. The Hall–Kier alpha value is -2.73. The summed E-state index contributed by atoms with van der Waals surface area (Å²) in [6.45, 7) is 0. The van der Waals surface area contributed by atoms with Gasteiger partial charge in [0.1, 0.15) is 11.5 Å². The third-order valence-corrected chi connectivity index (χ3v) is 3.81. The van der Waals surface area contributed by atoms with E-state index >= 15 is 0 Å². The lowest BCUT2D eigenvalue weighted by Gasteiger charge is -2.10. The van der Waals surface area contributed by atoms with Crippen molar-refractivity contribution in [1.29, 1.82) is 10.5 Å². The first-order chi connectivity index (χ1) is 10.1. The minimum absolute atomic E-state index is 0.473. The molecular weight excluding hydrogens is 272 g/mol. The number of hydrogen-bond donors (Lipinski definition) is 0. The van der Waals surface area contributed by atoms with Gasteiger partial charge in [-0.1, -0.05) is 6.07 Å². The molecular formula is C15H14N2O4. The van der Waals surface area contributed by atoms with E-state index in [4.69, 9.17) is 14.2 Å². The third-order valence-electron chi connectivity index (χ3n) is 3.81. The highest BCUT2D eigenvalue weighted by atomic mass is 16.5. The molecule has 0 saturated heterocycles. The summed E-state index contributed by atoms with van der Waals surface area (Å²) >= 11 is 0. The average Bonchev–Trinajstić information content (AvgIpc) is 3.22. The molecule has 0 amide bonds. The summed E-state index contributed by atoms with van der Waals surface area (Å²) in [5, 5.41) is 18.6. The van der Waals surface area contributed by atoms with Gasteiger partial charge >= 0.3 is 5.97 Å². The first-order valence-corrected chi connectivity index (χ1v) is 6.21. The smallest absolute Gasteiger partial charge is 0.312 e. The van der Waals surface area contributed by atoms with E-state index in [1.54, 1.807) is 18.2 Å². The number of nitrogens with zero attached hydrogens (tertiary/aromatic N) is 2. The molecule has 108 valence electrons. The highest BCUT2D eigenvalue weighted by Gasteiger charge is 2.72. The summed E-state index contributed by atoms with van der Waals surface area (Å²) in [5.41, 5.74) is -0.786. The highest BCUT2D eigenvalue weighted by Crippen LogP contribution is 2.66. The summed E-state index contributed by atoms with van der Waals surface area (Å²) in [6, 6.07) is 8.95. The normalized spacial score (nSPS) is 21.6. The van der Waals surface area contributed by atoms with Crippen LogP contribution < -0.4 is 9.47 Å². The topological polar surface area (TPSA) is 92.3 Å². The van der Waals surface area contributed by atoms with Crippen molar-refractivity contribution in [2.24, 2.45) is 11.3 Å². The van der Waals surface area contributed by atoms with Gasteiger partial charge < -0.3 is 14.2 Å². The molecule has 1 fully saturated rings.